The first kappa shape index (κ1) is 14.2. The number of carbonyl (C=O) groups excluding carboxylic acids is 1. The summed E-state index contributed by atoms with van der Waals surface area (Å²) in [6, 6.07) is 2.42. The third-order valence-corrected chi connectivity index (χ3v) is 4.90. The molecule has 4 heterocycles. The maximum atomic E-state index is 12.4. The molecule has 0 bridgehead atoms. The van der Waals surface area contributed by atoms with Gasteiger partial charge in [0.05, 0.1) is 31.8 Å². The highest BCUT2D eigenvalue weighted by atomic mass is 16.7. The minimum Gasteiger partial charge on any atom is -0.472 e. The molecule has 0 aliphatic carbocycles. The topological polar surface area (TPSA) is 55.2 Å². The SMILES string of the molecule is O=C([C@@H]1CC[C@@H]2[C@@H](CCN2Cc2ccoc2)O1)N1CCCO1. The van der Waals surface area contributed by atoms with Gasteiger partial charge in [-0.2, -0.15) is 0 Å². The van der Waals surface area contributed by atoms with Gasteiger partial charge in [-0.3, -0.25) is 14.5 Å². The molecule has 3 atom stereocenters. The lowest BCUT2D eigenvalue weighted by molar-refractivity contribution is -0.189. The van der Waals surface area contributed by atoms with Crippen LogP contribution in [0.3, 0.4) is 0 Å². The van der Waals surface area contributed by atoms with Gasteiger partial charge in [0.25, 0.3) is 5.91 Å². The number of hydrogen-bond acceptors (Lipinski definition) is 5. The Morgan fingerprint density at radius 1 is 1.27 bits per heavy atom. The highest BCUT2D eigenvalue weighted by molar-refractivity contribution is 5.80. The Balaban J connectivity index is 1.36. The second-order valence-electron chi connectivity index (χ2n) is 6.33. The van der Waals surface area contributed by atoms with Crippen LogP contribution in [-0.4, -0.2) is 53.8 Å². The number of furan rings is 1. The summed E-state index contributed by atoms with van der Waals surface area (Å²) >= 11 is 0. The van der Waals surface area contributed by atoms with Crippen LogP contribution in [0.2, 0.25) is 0 Å². The zero-order chi connectivity index (χ0) is 14.9. The predicted molar refractivity (Wildman–Crippen MR) is 77.7 cm³/mol. The van der Waals surface area contributed by atoms with E-state index < -0.39 is 0 Å². The van der Waals surface area contributed by atoms with Crippen LogP contribution in [-0.2, 0) is 20.9 Å². The lowest BCUT2D eigenvalue weighted by Gasteiger charge is -2.36. The molecule has 0 spiro atoms. The standard InChI is InChI=1S/C16H22N2O4/c19-16(18-6-1-8-21-18)15-3-2-13-14(22-15)4-7-17(13)10-12-5-9-20-11-12/h5,9,11,13-15H,1-4,6-8,10H2/t13-,14-,15+/m1/s1. The van der Waals surface area contributed by atoms with Gasteiger partial charge in [0.2, 0.25) is 0 Å². The zero-order valence-corrected chi connectivity index (χ0v) is 12.6. The second-order valence-corrected chi connectivity index (χ2v) is 6.33. The van der Waals surface area contributed by atoms with E-state index in [1.807, 2.05) is 6.07 Å². The van der Waals surface area contributed by atoms with E-state index in [-0.39, 0.29) is 18.1 Å². The Bertz CT molecular complexity index is 512. The fraction of sp³-hybridized carbons (Fsp3) is 0.688. The number of hydrogen-bond donors (Lipinski definition) is 0. The van der Waals surface area contributed by atoms with Crippen LogP contribution in [0.1, 0.15) is 31.2 Å². The molecule has 0 saturated carbocycles. The third kappa shape index (κ3) is 2.66. The quantitative estimate of drug-likeness (QED) is 0.848. The van der Waals surface area contributed by atoms with E-state index in [1.54, 1.807) is 12.5 Å². The Kier molecular flexibility index (Phi) is 3.90. The molecule has 3 fully saturated rings. The molecule has 3 aliphatic heterocycles. The fourth-order valence-electron chi connectivity index (χ4n) is 3.79. The molecule has 4 rings (SSSR count). The molecule has 22 heavy (non-hydrogen) atoms. The van der Waals surface area contributed by atoms with Gasteiger partial charge >= 0.3 is 0 Å². The van der Waals surface area contributed by atoms with E-state index in [4.69, 9.17) is 14.0 Å². The van der Waals surface area contributed by atoms with Crippen LogP contribution >= 0.6 is 0 Å². The van der Waals surface area contributed by atoms with Crippen LogP contribution in [0, 0.1) is 0 Å². The highest BCUT2D eigenvalue weighted by Crippen LogP contribution is 2.33. The summed E-state index contributed by atoms with van der Waals surface area (Å²) in [4.78, 5) is 20.2. The molecule has 0 aromatic carbocycles. The molecule has 1 aromatic rings. The largest absolute Gasteiger partial charge is 0.472 e. The minimum absolute atomic E-state index is 0.00392. The first-order chi connectivity index (χ1) is 10.8. The molecule has 3 saturated heterocycles. The van der Waals surface area contributed by atoms with Crippen LogP contribution < -0.4 is 0 Å². The first-order valence-electron chi connectivity index (χ1n) is 8.16. The van der Waals surface area contributed by atoms with Gasteiger partial charge in [-0.15, -0.1) is 0 Å². The molecule has 6 heteroatoms. The number of ether oxygens (including phenoxy) is 1. The van der Waals surface area contributed by atoms with Crippen LogP contribution in [0.15, 0.2) is 23.0 Å². The van der Waals surface area contributed by atoms with Crippen molar-refractivity contribution in [2.45, 2.75) is 50.5 Å². The van der Waals surface area contributed by atoms with Crippen molar-refractivity contribution in [2.75, 3.05) is 19.7 Å². The van der Waals surface area contributed by atoms with E-state index in [0.29, 0.717) is 19.2 Å². The monoisotopic (exact) mass is 306 g/mol. The van der Waals surface area contributed by atoms with E-state index in [9.17, 15) is 4.79 Å². The van der Waals surface area contributed by atoms with Crippen molar-refractivity contribution in [1.29, 1.82) is 0 Å². The molecule has 1 aromatic heterocycles. The lowest BCUT2D eigenvalue weighted by Crippen LogP contribution is -2.48. The Morgan fingerprint density at radius 2 is 2.23 bits per heavy atom. The summed E-state index contributed by atoms with van der Waals surface area (Å²) in [7, 11) is 0. The van der Waals surface area contributed by atoms with Crippen molar-refractivity contribution < 1.29 is 18.8 Å². The van der Waals surface area contributed by atoms with Gasteiger partial charge in [0, 0.05) is 24.7 Å². The molecule has 0 radical (unpaired) electrons. The Morgan fingerprint density at radius 3 is 3.00 bits per heavy atom. The van der Waals surface area contributed by atoms with Crippen molar-refractivity contribution in [1.82, 2.24) is 9.96 Å². The van der Waals surface area contributed by atoms with E-state index >= 15 is 0 Å². The van der Waals surface area contributed by atoms with Crippen molar-refractivity contribution in [3.8, 4) is 0 Å². The predicted octanol–water partition coefficient (Wildman–Crippen LogP) is 1.57. The molecule has 0 N–H and O–H groups in total. The molecule has 6 nitrogen and oxygen atoms in total. The number of likely N-dealkylation sites (tertiary alicyclic amines) is 1. The van der Waals surface area contributed by atoms with Crippen LogP contribution in [0.5, 0.6) is 0 Å². The number of fused-ring (bicyclic) bond motifs is 1. The maximum Gasteiger partial charge on any atom is 0.275 e. The lowest BCUT2D eigenvalue weighted by atomic mass is 9.98. The summed E-state index contributed by atoms with van der Waals surface area (Å²) in [5, 5.41) is 1.49. The van der Waals surface area contributed by atoms with Crippen molar-refractivity contribution >= 4 is 5.91 Å². The number of amides is 1. The molecule has 0 unspecified atom stereocenters. The summed E-state index contributed by atoms with van der Waals surface area (Å²) in [5.74, 6) is 0.00392. The molecular formula is C16H22N2O4. The van der Waals surface area contributed by atoms with Gasteiger partial charge in [0.15, 0.2) is 0 Å². The summed E-state index contributed by atoms with van der Waals surface area (Å²) in [5.41, 5.74) is 1.20. The summed E-state index contributed by atoms with van der Waals surface area (Å²) in [6.07, 6.45) is 7.05. The van der Waals surface area contributed by atoms with E-state index in [2.05, 4.69) is 4.90 Å². The normalized spacial score (nSPS) is 32.4. The zero-order valence-electron chi connectivity index (χ0n) is 12.6. The summed E-state index contributed by atoms with van der Waals surface area (Å²) in [6.45, 7) is 3.25. The Hall–Kier alpha value is -1.37. The number of rotatable bonds is 3. The number of hydroxylamine groups is 2. The molecule has 3 aliphatic rings. The number of nitrogens with zero attached hydrogens (tertiary/aromatic N) is 2. The highest BCUT2D eigenvalue weighted by Gasteiger charge is 2.43. The van der Waals surface area contributed by atoms with Crippen molar-refractivity contribution in [3.05, 3.63) is 24.2 Å². The van der Waals surface area contributed by atoms with Crippen LogP contribution in [0.4, 0.5) is 0 Å². The van der Waals surface area contributed by atoms with Crippen LogP contribution in [0.25, 0.3) is 0 Å². The minimum atomic E-state index is -0.326. The summed E-state index contributed by atoms with van der Waals surface area (Å²) < 4.78 is 11.2. The van der Waals surface area contributed by atoms with Crippen molar-refractivity contribution in [2.24, 2.45) is 0 Å². The van der Waals surface area contributed by atoms with Gasteiger partial charge in [-0.05, 0) is 31.7 Å². The molecular weight excluding hydrogens is 284 g/mol. The average Bonchev–Trinajstić information content (AvgIpc) is 3.29. The van der Waals surface area contributed by atoms with Gasteiger partial charge in [-0.1, -0.05) is 0 Å². The second kappa shape index (κ2) is 6.02. The molecule has 1 amide bonds. The first-order valence-corrected chi connectivity index (χ1v) is 8.16. The maximum absolute atomic E-state index is 12.4. The van der Waals surface area contributed by atoms with E-state index in [1.165, 1.54) is 10.6 Å². The number of carbonyl (C=O) groups is 1. The molecule has 120 valence electrons. The van der Waals surface area contributed by atoms with Gasteiger partial charge in [-0.25, -0.2) is 5.06 Å². The smallest absolute Gasteiger partial charge is 0.275 e. The van der Waals surface area contributed by atoms with Crippen molar-refractivity contribution in [3.63, 3.8) is 0 Å². The third-order valence-electron chi connectivity index (χ3n) is 4.90. The van der Waals surface area contributed by atoms with Gasteiger partial charge in [0.1, 0.15) is 6.10 Å². The fourth-order valence-corrected chi connectivity index (χ4v) is 3.79. The Labute approximate surface area is 129 Å². The van der Waals surface area contributed by atoms with E-state index in [0.717, 1.165) is 38.8 Å². The van der Waals surface area contributed by atoms with Gasteiger partial charge < -0.3 is 9.15 Å². The average molecular weight is 306 g/mol.